The van der Waals surface area contributed by atoms with Gasteiger partial charge >= 0.3 is 6.03 Å². The van der Waals surface area contributed by atoms with Crippen LogP contribution in [-0.4, -0.2) is 35.7 Å². The summed E-state index contributed by atoms with van der Waals surface area (Å²) in [7, 11) is 0. The zero-order valence-electron chi connectivity index (χ0n) is 13.9. The Kier molecular flexibility index (Phi) is 6.21. The smallest absolute Gasteiger partial charge is 0.321 e. The summed E-state index contributed by atoms with van der Waals surface area (Å²) in [5, 5.41) is 12.0. The first-order chi connectivity index (χ1) is 9.74. The molecule has 0 aromatic heterocycles. The second kappa shape index (κ2) is 7.46. The lowest BCUT2D eigenvalue weighted by Crippen LogP contribution is -2.41. The highest BCUT2D eigenvalue weighted by atomic mass is 16.3. The van der Waals surface area contributed by atoms with Gasteiger partial charge in [0.25, 0.3) is 0 Å². The number of aryl methyl sites for hydroxylation is 1. The maximum absolute atomic E-state index is 12.5. The highest BCUT2D eigenvalue weighted by molar-refractivity contribution is 5.90. The van der Waals surface area contributed by atoms with Crippen molar-refractivity contribution in [3.63, 3.8) is 0 Å². The predicted octanol–water partition coefficient (Wildman–Crippen LogP) is 3.57. The van der Waals surface area contributed by atoms with Gasteiger partial charge in [-0.2, -0.15) is 0 Å². The van der Waals surface area contributed by atoms with Crippen molar-refractivity contribution in [1.82, 2.24) is 4.90 Å². The normalized spacial score (nSPS) is 11.3. The van der Waals surface area contributed by atoms with Crippen LogP contribution in [0, 0.1) is 19.3 Å². The summed E-state index contributed by atoms with van der Waals surface area (Å²) in [6, 6.07) is 5.79. The summed E-state index contributed by atoms with van der Waals surface area (Å²) in [5.74, 6) is 0. The fourth-order valence-corrected chi connectivity index (χ4v) is 2.17. The Morgan fingerprint density at radius 1 is 1.29 bits per heavy atom. The molecule has 4 nitrogen and oxygen atoms in total. The first-order valence-electron chi connectivity index (χ1n) is 7.47. The Hall–Kier alpha value is -1.55. The molecule has 0 aliphatic rings. The van der Waals surface area contributed by atoms with Gasteiger partial charge in [-0.3, -0.25) is 0 Å². The fraction of sp³-hybridized carbons (Fsp3) is 0.588. The van der Waals surface area contributed by atoms with E-state index in [0.29, 0.717) is 19.5 Å². The Morgan fingerprint density at radius 3 is 2.52 bits per heavy atom. The summed E-state index contributed by atoms with van der Waals surface area (Å²) in [6.07, 6.45) is 0.594. The van der Waals surface area contributed by atoms with Crippen molar-refractivity contribution in [3.8, 4) is 0 Å². The zero-order valence-corrected chi connectivity index (χ0v) is 13.9. The first kappa shape index (κ1) is 17.5. The molecule has 2 N–H and O–H groups in total. The van der Waals surface area contributed by atoms with E-state index in [1.54, 1.807) is 4.90 Å². The molecule has 2 amide bonds. The van der Waals surface area contributed by atoms with Crippen molar-refractivity contribution in [2.45, 2.75) is 41.0 Å². The van der Waals surface area contributed by atoms with Crippen molar-refractivity contribution in [3.05, 3.63) is 29.3 Å². The number of amides is 2. The molecule has 0 saturated heterocycles. The average molecular weight is 292 g/mol. The molecule has 0 spiro atoms. The molecule has 0 aliphatic heterocycles. The predicted molar refractivity (Wildman–Crippen MR) is 87.7 cm³/mol. The van der Waals surface area contributed by atoms with Gasteiger partial charge in [-0.05, 0) is 42.9 Å². The van der Waals surface area contributed by atoms with Gasteiger partial charge < -0.3 is 15.3 Å². The van der Waals surface area contributed by atoms with Gasteiger partial charge in [-0.15, -0.1) is 0 Å². The molecule has 118 valence electrons. The topological polar surface area (TPSA) is 52.6 Å². The van der Waals surface area contributed by atoms with Crippen molar-refractivity contribution in [1.29, 1.82) is 0 Å². The molecule has 0 bridgehead atoms. The number of hydrogen-bond acceptors (Lipinski definition) is 2. The molecule has 1 aromatic carbocycles. The van der Waals surface area contributed by atoms with Gasteiger partial charge in [-0.25, -0.2) is 4.79 Å². The van der Waals surface area contributed by atoms with Crippen molar-refractivity contribution >= 4 is 11.7 Å². The molecule has 0 unspecified atom stereocenters. The lowest BCUT2D eigenvalue weighted by Gasteiger charge is -2.30. The molecule has 0 saturated carbocycles. The van der Waals surface area contributed by atoms with Crippen molar-refractivity contribution in [2.75, 3.05) is 25.0 Å². The molecule has 21 heavy (non-hydrogen) atoms. The molecule has 4 heteroatoms. The molecule has 0 heterocycles. The van der Waals surface area contributed by atoms with Crippen molar-refractivity contribution < 1.29 is 9.90 Å². The number of aliphatic hydroxyl groups excluding tert-OH is 1. The number of anilines is 1. The number of benzene rings is 1. The van der Waals surface area contributed by atoms with Gasteiger partial charge in [0.1, 0.15) is 0 Å². The number of aliphatic hydroxyl groups is 1. The lowest BCUT2D eigenvalue weighted by molar-refractivity contribution is 0.176. The summed E-state index contributed by atoms with van der Waals surface area (Å²) < 4.78 is 0. The quantitative estimate of drug-likeness (QED) is 0.871. The number of rotatable bonds is 5. The monoisotopic (exact) mass is 292 g/mol. The maximum atomic E-state index is 12.5. The highest BCUT2D eigenvalue weighted by Crippen LogP contribution is 2.20. The SMILES string of the molecule is Cc1cccc(NC(=O)N(CCCO)CC(C)(C)C)c1C. The summed E-state index contributed by atoms with van der Waals surface area (Å²) in [5.41, 5.74) is 3.12. The Bertz CT molecular complexity index is 478. The minimum atomic E-state index is -0.105. The van der Waals surface area contributed by atoms with Crippen LogP contribution in [-0.2, 0) is 0 Å². The van der Waals surface area contributed by atoms with E-state index in [0.717, 1.165) is 16.8 Å². The van der Waals surface area contributed by atoms with Crippen LogP contribution in [0.2, 0.25) is 0 Å². The van der Waals surface area contributed by atoms with E-state index in [-0.39, 0.29) is 18.1 Å². The van der Waals surface area contributed by atoms with Crippen LogP contribution in [0.15, 0.2) is 18.2 Å². The Balaban J connectivity index is 2.82. The molecule has 1 aromatic rings. The minimum absolute atomic E-state index is 0.0223. The largest absolute Gasteiger partial charge is 0.396 e. The van der Waals surface area contributed by atoms with E-state index in [2.05, 4.69) is 26.1 Å². The van der Waals surface area contributed by atoms with Gasteiger partial charge in [-0.1, -0.05) is 32.9 Å². The van der Waals surface area contributed by atoms with Gasteiger partial charge in [0.05, 0.1) is 0 Å². The van der Waals surface area contributed by atoms with E-state index < -0.39 is 0 Å². The van der Waals surface area contributed by atoms with Crippen LogP contribution in [0.5, 0.6) is 0 Å². The maximum Gasteiger partial charge on any atom is 0.321 e. The molecule has 0 aliphatic carbocycles. The number of urea groups is 1. The number of nitrogens with one attached hydrogen (secondary N) is 1. The third-order valence-electron chi connectivity index (χ3n) is 3.38. The number of nitrogens with zero attached hydrogens (tertiary/aromatic N) is 1. The third-order valence-corrected chi connectivity index (χ3v) is 3.38. The number of carbonyl (C=O) groups excluding carboxylic acids is 1. The number of hydrogen-bond donors (Lipinski definition) is 2. The number of carbonyl (C=O) groups is 1. The van der Waals surface area contributed by atoms with Gasteiger partial charge in [0.2, 0.25) is 0 Å². The van der Waals surface area contributed by atoms with E-state index in [4.69, 9.17) is 5.11 Å². The zero-order chi connectivity index (χ0) is 16.0. The van der Waals surface area contributed by atoms with Gasteiger partial charge in [0.15, 0.2) is 0 Å². The van der Waals surface area contributed by atoms with E-state index in [1.807, 2.05) is 32.0 Å². The highest BCUT2D eigenvalue weighted by Gasteiger charge is 2.21. The molecule has 0 radical (unpaired) electrons. The molecular formula is C17H28N2O2. The van der Waals surface area contributed by atoms with Crippen LogP contribution in [0.3, 0.4) is 0 Å². The van der Waals surface area contributed by atoms with E-state index in [9.17, 15) is 4.79 Å². The summed E-state index contributed by atoms with van der Waals surface area (Å²) >= 11 is 0. The summed E-state index contributed by atoms with van der Waals surface area (Å²) in [4.78, 5) is 14.3. The molecule has 0 fully saturated rings. The Labute approximate surface area is 128 Å². The minimum Gasteiger partial charge on any atom is -0.396 e. The van der Waals surface area contributed by atoms with E-state index >= 15 is 0 Å². The van der Waals surface area contributed by atoms with Crippen LogP contribution in [0.4, 0.5) is 10.5 Å². The van der Waals surface area contributed by atoms with Crippen LogP contribution in [0.1, 0.15) is 38.3 Å². The first-order valence-corrected chi connectivity index (χ1v) is 7.47. The summed E-state index contributed by atoms with van der Waals surface area (Å²) in [6.45, 7) is 11.7. The molecule has 0 atom stereocenters. The fourth-order valence-electron chi connectivity index (χ4n) is 2.17. The lowest BCUT2D eigenvalue weighted by atomic mass is 9.96. The second-order valence-electron chi connectivity index (χ2n) is 6.74. The van der Waals surface area contributed by atoms with Gasteiger partial charge in [0, 0.05) is 25.4 Å². The van der Waals surface area contributed by atoms with Crippen LogP contribution in [0.25, 0.3) is 0 Å². The second-order valence-corrected chi connectivity index (χ2v) is 6.74. The average Bonchev–Trinajstić information content (AvgIpc) is 2.38. The molecule has 1 rings (SSSR count). The van der Waals surface area contributed by atoms with Crippen LogP contribution < -0.4 is 5.32 Å². The van der Waals surface area contributed by atoms with Crippen molar-refractivity contribution in [2.24, 2.45) is 5.41 Å². The third kappa shape index (κ3) is 5.76. The standard InChI is InChI=1S/C17H28N2O2/c1-13-8-6-9-15(14(13)2)18-16(21)19(10-7-11-20)12-17(3,4)5/h6,8-9,20H,7,10-12H2,1-5H3,(H,18,21). The van der Waals surface area contributed by atoms with Crippen LogP contribution >= 0.6 is 0 Å². The molecular weight excluding hydrogens is 264 g/mol. The Morgan fingerprint density at radius 2 is 1.95 bits per heavy atom. The van der Waals surface area contributed by atoms with E-state index in [1.165, 1.54) is 0 Å².